The van der Waals surface area contributed by atoms with Crippen molar-refractivity contribution in [3.8, 4) is 0 Å². The summed E-state index contributed by atoms with van der Waals surface area (Å²) in [5.74, 6) is -0.875. The van der Waals surface area contributed by atoms with Gasteiger partial charge in [0.1, 0.15) is 17.5 Å². The van der Waals surface area contributed by atoms with Crippen molar-refractivity contribution >= 4 is 29.5 Å². The van der Waals surface area contributed by atoms with Crippen LogP contribution in [0, 0.1) is 0 Å². The van der Waals surface area contributed by atoms with Crippen LogP contribution in [0.5, 0.6) is 0 Å². The second-order valence-corrected chi connectivity index (χ2v) is 8.54. The van der Waals surface area contributed by atoms with E-state index in [0.29, 0.717) is 24.0 Å². The van der Waals surface area contributed by atoms with Gasteiger partial charge in [-0.3, -0.25) is 19.1 Å². The molecule has 3 rings (SSSR count). The fourth-order valence-electron chi connectivity index (χ4n) is 4.11. The number of hydrogen-bond donors (Lipinski definition) is 3. The predicted molar refractivity (Wildman–Crippen MR) is 137 cm³/mol. The fourth-order valence-corrected chi connectivity index (χ4v) is 4.11. The monoisotopic (exact) mass is 478 g/mol. The van der Waals surface area contributed by atoms with E-state index in [1.165, 1.54) is 0 Å². The summed E-state index contributed by atoms with van der Waals surface area (Å²) in [5, 5.41) is 6.26. The van der Waals surface area contributed by atoms with Gasteiger partial charge in [-0.15, -0.1) is 0 Å². The first-order chi connectivity index (χ1) is 16.9. The van der Waals surface area contributed by atoms with E-state index in [9.17, 15) is 14.4 Å². The van der Waals surface area contributed by atoms with Crippen molar-refractivity contribution in [3.63, 3.8) is 0 Å². The van der Waals surface area contributed by atoms with Crippen LogP contribution in [0.15, 0.2) is 53.7 Å². The minimum atomic E-state index is -0.581. The van der Waals surface area contributed by atoms with Crippen LogP contribution in [-0.2, 0) is 16.1 Å². The third kappa shape index (κ3) is 6.89. The van der Waals surface area contributed by atoms with E-state index >= 15 is 0 Å². The summed E-state index contributed by atoms with van der Waals surface area (Å²) in [6.45, 7) is 2.03. The van der Waals surface area contributed by atoms with Gasteiger partial charge < -0.3 is 26.1 Å². The van der Waals surface area contributed by atoms with Crippen LogP contribution in [0.4, 0.5) is 5.69 Å². The molecule has 35 heavy (non-hydrogen) atoms. The lowest BCUT2D eigenvalue weighted by molar-refractivity contribution is -0.113. The highest BCUT2D eigenvalue weighted by atomic mass is 16.2. The van der Waals surface area contributed by atoms with E-state index < -0.39 is 5.91 Å². The summed E-state index contributed by atoms with van der Waals surface area (Å²) in [5.41, 5.74) is 8.68. The lowest BCUT2D eigenvalue weighted by Crippen LogP contribution is -2.36. The second kappa shape index (κ2) is 12.7. The number of amides is 2. The van der Waals surface area contributed by atoms with Gasteiger partial charge in [-0.25, -0.2) is 0 Å². The van der Waals surface area contributed by atoms with Crippen LogP contribution in [0.3, 0.4) is 0 Å². The number of nitrogens with zero attached hydrogens (tertiary/aromatic N) is 3. The molecule has 186 valence electrons. The molecule has 0 saturated carbocycles. The molecule has 9 heteroatoms. The Labute approximate surface area is 205 Å². The summed E-state index contributed by atoms with van der Waals surface area (Å²) in [6.07, 6.45) is 7.74. The second-order valence-electron chi connectivity index (χ2n) is 8.54. The van der Waals surface area contributed by atoms with Crippen LogP contribution in [0.2, 0.25) is 0 Å². The third-order valence-electron chi connectivity index (χ3n) is 6.04. The average Bonchev–Trinajstić information content (AvgIpc) is 3.39. The molecule has 1 aliphatic heterocycles. The summed E-state index contributed by atoms with van der Waals surface area (Å²) in [6, 6.07) is 11.4. The number of rotatable bonds is 11. The van der Waals surface area contributed by atoms with Gasteiger partial charge >= 0.3 is 0 Å². The molecule has 2 aromatic rings. The highest BCUT2D eigenvalue weighted by Gasteiger charge is 2.18. The number of carbonyl (C=O) groups is 3. The molecule has 0 aliphatic carbocycles. The minimum absolute atomic E-state index is 0.0548. The molecular formula is C26H34N6O3. The van der Waals surface area contributed by atoms with Crippen molar-refractivity contribution in [2.75, 3.05) is 32.1 Å². The van der Waals surface area contributed by atoms with E-state index in [1.54, 1.807) is 29.9 Å². The molecule has 2 heterocycles. The number of hydrogen-bond acceptors (Lipinski definition) is 6. The molecule has 1 aromatic carbocycles. The number of anilines is 1. The molecule has 0 radical (unpaired) electrons. The summed E-state index contributed by atoms with van der Waals surface area (Å²) in [4.78, 5) is 42.2. The molecule has 1 aromatic heterocycles. The lowest BCUT2D eigenvalue weighted by atomic mass is 10.1. The Morgan fingerprint density at radius 1 is 1.29 bits per heavy atom. The van der Waals surface area contributed by atoms with Crippen LogP contribution in [0.25, 0.3) is 5.70 Å². The quantitative estimate of drug-likeness (QED) is 0.256. The molecule has 1 atom stereocenters. The van der Waals surface area contributed by atoms with Crippen LogP contribution < -0.4 is 26.8 Å². The molecule has 2 amide bonds. The van der Waals surface area contributed by atoms with Crippen molar-refractivity contribution < 1.29 is 14.4 Å². The molecule has 0 bridgehead atoms. The first kappa shape index (κ1) is 25.9. The molecule has 0 unspecified atom stereocenters. The van der Waals surface area contributed by atoms with Crippen molar-refractivity contribution in [1.82, 2.24) is 15.2 Å². The maximum absolute atomic E-state index is 13.0. The van der Waals surface area contributed by atoms with Crippen molar-refractivity contribution in [2.45, 2.75) is 38.3 Å². The number of primary amides is 1. The number of benzene rings is 1. The highest BCUT2D eigenvalue weighted by molar-refractivity contribution is 6.12. The largest absolute Gasteiger partial charge is 0.375 e. The maximum atomic E-state index is 13.0. The Bertz CT molecular complexity index is 1130. The smallest absolute Gasteiger partial charge is 0.265 e. The Morgan fingerprint density at radius 3 is 2.69 bits per heavy atom. The van der Waals surface area contributed by atoms with Crippen LogP contribution >= 0.6 is 0 Å². The van der Waals surface area contributed by atoms with Gasteiger partial charge in [-0.05, 0) is 61.7 Å². The highest BCUT2D eigenvalue weighted by Crippen LogP contribution is 2.15. The number of aromatic nitrogens is 1. The van der Waals surface area contributed by atoms with Crippen LogP contribution in [0.1, 0.15) is 41.6 Å². The number of nitrogens with one attached hydrogen (secondary N) is 2. The first-order valence-corrected chi connectivity index (χ1v) is 11.9. The van der Waals surface area contributed by atoms with Gasteiger partial charge in [0.15, 0.2) is 0 Å². The minimum Gasteiger partial charge on any atom is -0.375 e. The number of nitrogens with two attached hydrogens (primary N) is 1. The normalized spacial score (nSPS) is 16.2. The summed E-state index contributed by atoms with van der Waals surface area (Å²) >= 11 is 0. The fraction of sp³-hybridized carbons (Fsp3) is 0.385. The Kier molecular flexibility index (Phi) is 9.37. The number of pyridine rings is 1. The molecule has 0 spiro atoms. The van der Waals surface area contributed by atoms with Gasteiger partial charge in [0.05, 0.1) is 5.56 Å². The third-order valence-corrected chi connectivity index (χ3v) is 6.04. The number of unbranched alkanes of at least 4 members (excludes halogenated alkanes) is 1. The van der Waals surface area contributed by atoms with Gasteiger partial charge in [-0.2, -0.15) is 0 Å². The van der Waals surface area contributed by atoms with Gasteiger partial charge in [0.25, 0.3) is 11.8 Å². The topological polar surface area (TPSA) is 122 Å². The SMILES string of the molecule is CN=c1c(C(=O)NCc2ccc(N(C)CCCC=O)cc2)cccn1/C(=C/[C@@H]1CCCN1)C(N)=O. The standard InChI is InChI=1S/C26H34N6O3/c1-28-25-22(8-6-15-32(25)23(24(27)34)17-20-7-5-13-29-20)26(35)30-18-19-9-11-21(12-10-19)31(2)14-3-4-16-33/h6,8-12,15-17,20,29H,3-5,7,13-14,18H2,1-2H3,(H2,27,34)(H,30,35)/b23-17+,28-25?/t20-/m0/s1. The molecule has 1 fully saturated rings. The number of aldehydes is 1. The van der Waals surface area contributed by atoms with E-state index in [-0.39, 0.29) is 17.6 Å². The lowest BCUT2D eigenvalue weighted by Gasteiger charge is -2.19. The molecule has 1 aliphatic rings. The van der Waals surface area contributed by atoms with E-state index in [1.807, 2.05) is 37.4 Å². The van der Waals surface area contributed by atoms with Crippen molar-refractivity contribution in [2.24, 2.45) is 10.7 Å². The van der Waals surface area contributed by atoms with Gasteiger partial charge in [0, 0.05) is 51.5 Å². The average molecular weight is 479 g/mol. The van der Waals surface area contributed by atoms with Crippen LogP contribution in [-0.4, -0.2) is 55.9 Å². The van der Waals surface area contributed by atoms with E-state index in [0.717, 1.165) is 49.9 Å². The summed E-state index contributed by atoms with van der Waals surface area (Å²) in [7, 11) is 3.57. The molecule has 4 N–H and O–H groups in total. The van der Waals surface area contributed by atoms with Crippen molar-refractivity contribution in [3.05, 3.63) is 65.3 Å². The van der Waals surface area contributed by atoms with E-state index in [4.69, 9.17) is 5.73 Å². The molecule has 9 nitrogen and oxygen atoms in total. The zero-order chi connectivity index (χ0) is 25.2. The zero-order valence-electron chi connectivity index (χ0n) is 20.4. The van der Waals surface area contributed by atoms with E-state index in [2.05, 4.69) is 20.5 Å². The zero-order valence-corrected chi connectivity index (χ0v) is 20.4. The number of carbonyl (C=O) groups excluding carboxylic acids is 3. The van der Waals surface area contributed by atoms with Gasteiger partial charge in [-0.1, -0.05) is 12.1 Å². The Balaban J connectivity index is 1.73. The maximum Gasteiger partial charge on any atom is 0.265 e. The Morgan fingerprint density at radius 2 is 2.06 bits per heavy atom. The first-order valence-electron chi connectivity index (χ1n) is 11.9. The van der Waals surface area contributed by atoms with Crippen molar-refractivity contribution in [1.29, 1.82) is 0 Å². The Hall–Kier alpha value is -3.72. The van der Waals surface area contributed by atoms with Gasteiger partial charge in [0.2, 0.25) is 0 Å². The summed E-state index contributed by atoms with van der Waals surface area (Å²) < 4.78 is 1.58. The predicted octanol–water partition coefficient (Wildman–Crippen LogP) is 1.44. The molecule has 1 saturated heterocycles. The molecular weight excluding hydrogens is 444 g/mol.